The van der Waals surface area contributed by atoms with Gasteiger partial charge in [-0.05, 0) is 35.9 Å². The van der Waals surface area contributed by atoms with Gasteiger partial charge < -0.3 is 25.4 Å². The number of aliphatic carboxylic acids is 1. The lowest BCUT2D eigenvalue weighted by Gasteiger charge is -2.29. The molecule has 2 aromatic heterocycles. The van der Waals surface area contributed by atoms with Crippen molar-refractivity contribution in [2.24, 2.45) is 0 Å². The maximum Gasteiger partial charge on any atom is 0.305 e. The summed E-state index contributed by atoms with van der Waals surface area (Å²) in [6, 6.07) is 9.43. The van der Waals surface area contributed by atoms with Gasteiger partial charge in [0.15, 0.2) is 0 Å². The molecule has 0 radical (unpaired) electrons. The Morgan fingerprint density at radius 2 is 1.89 bits per heavy atom. The van der Waals surface area contributed by atoms with Gasteiger partial charge in [-0.1, -0.05) is 30.3 Å². The van der Waals surface area contributed by atoms with Gasteiger partial charge in [0.2, 0.25) is 11.8 Å². The molecule has 0 saturated carbocycles. The zero-order valence-corrected chi connectivity index (χ0v) is 20.4. The van der Waals surface area contributed by atoms with Crippen LogP contribution in [0.5, 0.6) is 0 Å². The van der Waals surface area contributed by atoms with Crippen molar-refractivity contribution >= 4 is 40.7 Å². The van der Waals surface area contributed by atoms with Gasteiger partial charge in [0.1, 0.15) is 24.1 Å². The number of fused-ring (bicyclic) bond motifs is 1. The fourth-order valence-electron chi connectivity index (χ4n) is 4.59. The maximum atomic E-state index is 13.8. The Morgan fingerprint density at radius 1 is 1.08 bits per heavy atom. The van der Waals surface area contributed by atoms with Crippen LogP contribution in [-0.4, -0.2) is 74.6 Å². The van der Waals surface area contributed by atoms with E-state index in [2.05, 4.69) is 20.6 Å². The van der Waals surface area contributed by atoms with Crippen LogP contribution in [0.4, 0.5) is 0 Å². The molecule has 1 aromatic carbocycles. The molecule has 0 unspecified atom stereocenters. The highest BCUT2D eigenvalue weighted by Crippen LogP contribution is 2.21. The fraction of sp³-hybridized carbons (Fsp3) is 0.296. The first-order chi connectivity index (χ1) is 18.4. The Hall–Kier alpha value is -4.67. The summed E-state index contributed by atoms with van der Waals surface area (Å²) in [5.41, 5.74) is 0.880. The number of hydrogen-bond acceptors (Lipinski definition) is 7. The first-order valence-electron chi connectivity index (χ1n) is 12.2. The summed E-state index contributed by atoms with van der Waals surface area (Å²) in [6.45, 7) is 0.271. The smallest absolute Gasteiger partial charge is 0.305 e. The van der Waals surface area contributed by atoms with E-state index < -0.39 is 48.2 Å². The largest absolute Gasteiger partial charge is 0.481 e. The number of aldehydes is 1. The Kier molecular flexibility index (Phi) is 8.37. The van der Waals surface area contributed by atoms with E-state index in [1.165, 1.54) is 11.1 Å². The third-order valence-corrected chi connectivity index (χ3v) is 6.38. The molecule has 3 heterocycles. The molecule has 196 valence electrons. The van der Waals surface area contributed by atoms with Gasteiger partial charge in [-0.3, -0.25) is 29.1 Å². The number of aromatic nitrogens is 2. The molecule has 1 saturated heterocycles. The minimum absolute atomic E-state index is 0.129. The predicted molar refractivity (Wildman–Crippen MR) is 136 cm³/mol. The van der Waals surface area contributed by atoms with Crippen molar-refractivity contribution in [2.75, 3.05) is 6.54 Å². The molecule has 3 amide bonds. The molecule has 3 N–H and O–H groups in total. The topological polar surface area (TPSA) is 159 Å². The molecule has 3 atom stereocenters. The van der Waals surface area contributed by atoms with Crippen LogP contribution in [0.15, 0.2) is 61.1 Å². The second-order valence-corrected chi connectivity index (χ2v) is 9.01. The number of carboxylic acids is 1. The highest BCUT2D eigenvalue weighted by molar-refractivity contribution is 6.06. The lowest BCUT2D eigenvalue weighted by Crippen LogP contribution is -2.55. The lowest BCUT2D eigenvalue weighted by atomic mass is 10.0. The lowest BCUT2D eigenvalue weighted by molar-refractivity contribution is -0.142. The summed E-state index contributed by atoms with van der Waals surface area (Å²) < 4.78 is 0. The molecule has 0 spiro atoms. The number of hydrogen-bond donors (Lipinski definition) is 3. The van der Waals surface area contributed by atoms with Crippen LogP contribution < -0.4 is 10.6 Å². The molecule has 11 heteroatoms. The standard InChI is InChI=1S/C27H27N5O6/c33-16-19(14-23(34)35)30-25(36)22-8-4-12-32(22)27(38)21(13-17-5-3-10-28-15-17)31-26(37)24-20-7-2-1-6-18(20)9-11-29-24/h1-3,5-7,9-11,15-16,19,21-22H,4,8,12-14H2,(H,30,36)(H,31,37)(H,34,35)/t19-,21-,22-/m0/s1. The molecule has 3 aromatic rings. The molecule has 0 bridgehead atoms. The van der Waals surface area contributed by atoms with Gasteiger partial charge in [-0.25, -0.2) is 0 Å². The summed E-state index contributed by atoms with van der Waals surface area (Å²) in [4.78, 5) is 71.9. The van der Waals surface area contributed by atoms with E-state index in [1.54, 1.807) is 42.7 Å². The van der Waals surface area contributed by atoms with Gasteiger partial charge in [0.05, 0.1) is 12.5 Å². The van der Waals surface area contributed by atoms with E-state index >= 15 is 0 Å². The molecule has 1 aliphatic heterocycles. The number of nitrogens with zero attached hydrogens (tertiary/aromatic N) is 3. The second-order valence-electron chi connectivity index (χ2n) is 9.01. The Morgan fingerprint density at radius 3 is 2.63 bits per heavy atom. The number of benzene rings is 1. The van der Waals surface area contributed by atoms with Crippen LogP contribution in [-0.2, 0) is 25.6 Å². The van der Waals surface area contributed by atoms with Gasteiger partial charge in [0.25, 0.3) is 5.91 Å². The van der Waals surface area contributed by atoms with Crippen molar-refractivity contribution < 1.29 is 29.1 Å². The summed E-state index contributed by atoms with van der Waals surface area (Å²) in [5, 5.41) is 15.6. The molecule has 0 aliphatic carbocycles. The number of amides is 3. The van der Waals surface area contributed by atoms with Crippen LogP contribution in [0, 0.1) is 0 Å². The van der Waals surface area contributed by atoms with Gasteiger partial charge >= 0.3 is 5.97 Å². The molecular weight excluding hydrogens is 490 g/mol. The first-order valence-corrected chi connectivity index (χ1v) is 12.2. The third kappa shape index (κ3) is 6.17. The quantitative estimate of drug-likeness (QED) is 0.338. The SMILES string of the molecule is O=C[C@H](CC(=O)O)NC(=O)[C@@H]1CCCN1C(=O)[C@H](Cc1cccnc1)NC(=O)c1nccc2ccccc12. The zero-order chi connectivity index (χ0) is 27.1. The van der Waals surface area contributed by atoms with Gasteiger partial charge in [-0.15, -0.1) is 0 Å². The Labute approximate surface area is 218 Å². The number of likely N-dealkylation sites (tertiary alicyclic amines) is 1. The Balaban J connectivity index is 1.57. The number of carbonyl (C=O) groups excluding carboxylic acids is 4. The van der Waals surface area contributed by atoms with Crippen LogP contribution in [0.25, 0.3) is 10.8 Å². The fourth-order valence-corrected chi connectivity index (χ4v) is 4.59. The average Bonchev–Trinajstić information content (AvgIpc) is 3.42. The van der Waals surface area contributed by atoms with Gasteiger partial charge in [-0.2, -0.15) is 0 Å². The van der Waals surface area contributed by atoms with Crippen molar-refractivity contribution in [1.29, 1.82) is 0 Å². The molecule has 4 rings (SSSR count). The number of rotatable bonds is 10. The molecule has 11 nitrogen and oxygen atoms in total. The first kappa shape index (κ1) is 26.4. The monoisotopic (exact) mass is 517 g/mol. The van der Waals surface area contributed by atoms with E-state index in [0.717, 1.165) is 5.39 Å². The molecular formula is C27H27N5O6. The van der Waals surface area contributed by atoms with Crippen molar-refractivity contribution in [3.8, 4) is 0 Å². The van der Waals surface area contributed by atoms with Crippen LogP contribution in [0.2, 0.25) is 0 Å². The van der Waals surface area contributed by atoms with E-state index in [4.69, 9.17) is 5.11 Å². The number of carboxylic acid groups (broad SMARTS) is 1. The predicted octanol–water partition coefficient (Wildman–Crippen LogP) is 1.12. The van der Waals surface area contributed by atoms with E-state index in [9.17, 15) is 24.0 Å². The highest BCUT2D eigenvalue weighted by atomic mass is 16.4. The zero-order valence-electron chi connectivity index (χ0n) is 20.4. The Bertz CT molecular complexity index is 1340. The highest BCUT2D eigenvalue weighted by Gasteiger charge is 2.38. The minimum Gasteiger partial charge on any atom is -0.481 e. The molecule has 1 aliphatic rings. The van der Waals surface area contributed by atoms with Crippen molar-refractivity contribution in [3.63, 3.8) is 0 Å². The summed E-state index contributed by atoms with van der Waals surface area (Å²) >= 11 is 0. The number of nitrogens with one attached hydrogen (secondary N) is 2. The number of carbonyl (C=O) groups is 5. The van der Waals surface area contributed by atoms with E-state index in [-0.39, 0.29) is 18.7 Å². The molecule has 1 fully saturated rings. The summed E-state index contributed by atoms with van der Waals surface area (Å²) in [6.07, 6.45) is 5.52. The second kappa shape index (κ2) is 12.0. The van der Waals surface area contributed by atoms with E-state index in [0.29, 0.717) is 30.1 Å². The van der Waals surface area contributed by atoms with Crippen molar-refractivity contribution in [1.82, 2.24) is 25.5 Å². The van der Waals surface area contributed by atoms with E-state index in [1.807, 2.05) is 12.1 Å². The van der Waals surface area contributed by atoms with Crippen molar-refractivity contribution in [3.05, 3.63) is 72.3 Å². The number of pyridine rings is 2. The molecule has 38 heavy (non-hydrogen) atoms. The average molecular weight is 518 g/mol. The van der Waals surface area contributed by atoms with Crippen LogP contribution in [0.3, 0.4) is 0 Å². The van der Waals surface area contributed by atoms with Crippen LogP contribution in [0.1, 0.15) is 35.3 Å². The normalized spacial score (nSPS) is 16.4. The van der Waals surface area contributed by atoms with Crippen molar-refractivity contribution in [2.45, 2.75) is 43.8 Å². The minimum atomic E-state index is -1.23. The summed E-state index contributed by atoms with van der Waals surface area (Å²) in [7, 11) is 0. The summed E-state index contributed by atoms with van der Waals surface area (Å²) in [5.74, 6) is -2.85. The maximum absolute atomic E-state index is 13.8. The third-order valence-electron chi connectivity index (χ3n) is 6.38. The van der Waals surface area contributed by atoms with Gasteiger partial charge in [0, 0.05) is 36.9 Å². The van der Waals surface area contributed by atoms with Crippen LogP contribution >= 0.6 is 0 Å².